The summed E-state index contributed by atoms with van der Waals surface area (Å²) in [5, 5.41) is 12.0. The van der Waals surface area contributed by atoms with Crippen LogP contribution in [0.4, 0.5) is 17.1 Å². The molecule has 102 valence electrons. The normalized spacial score (nSPS) is 10.0. The van der Waals surface area contributed by atoms with Crippen LogP contribution in [0.3, 0.4) is 0 Å². The highest BCUT2D eigenvalue weighted by molar-refractivity contribution is 5.99. The zero-order valence-electron chi connectivity index (χ0n) is 10.5. The number of anilines is 3. The highest BCUT2D eigenvalue weighted by atomic mass is 16.4. The van der Waals surface area contributed by atoms with Gasteiger partial charge in [0, 0.05) is 11.3 Å². The maximum absolute atomic E-state index is 11.2. The molecule has 0 fully saturated rings. The molecule has 0 saturated carbocycles. The molecule has 2 rings (SSSR count). The van der Waals surface area contributed by atoms with Crippen molar-refractivity contribution in [3.8, 4) is 0 Å². The van der Waals surface area contributed by atoms with Gasteiger partial charge in [0.2, 0.25) is 5.91 Å². The van der Waals surface area contributed by atoms with Crippen molar-refractivity contribution in [2.45, 2.75) is 0 Å². The summed E-state index contributed by atoms with van der Waals surface area (Å²) < 4.78 is 0. The molecule has 6 nitrogen and oxygen atoms in total. The van der Waals surface area contributed by atoms with Crippen LogP contribution in [0.15, 0.2) is 42.5 Å². The molecular weight excluding hydrogens is 258 g/mol. The fraction of sp³-hybridized carbons (Fsp3) is 0. The van der Waals surface area contributed by atoms with E-state index in [1.54, 1.807) is 30.3 Å². The number of carboxylic acid groups (broad SMARTS) is 1. The first-order chi connectivity index (χ1) is 9.49. The smallest absolute Gasteiger partial charge is 0.337 e. The number of nitrogen functional groups attached to an aromatic ring is 1. The average Bonchev–Trinajstić information content (AvgIpc) is 2.41. The number of amides is 1. The second-order valence-corrected chi connectivity index (χ2v) is 4.15. The van der Waals surface area contributed by atoms with Crippen molar-refractivity contribution in [3.05, 3.63) is 53.6 Å². The lowest BCUT2D eigenvalue weighted by atomic mass is 10.1. The first-order valence-corrected chi connectivity index (χ1v) is 5.77. The van der Waals surface area contributed by atoms with Crippen LogP contribution < -0.4 is 16.8 Å². The second-order valence-electron chi connectivity index (χ2n) is 4.15. The molecule has 6 N–H and O–H groups in total. The van der Waals surface area contributed by atoms with Gasteiger partial charge in [0.25, 0.3) is 0 Å². The van der Waals surface area contributed by atoms with Crippen molar-refractivity contribution in [1.82, 2.24) is 0 Å². The SMILES string of the molecule is NC(=O)c1cccc(Nc2c(N)cccc2C(=O)O)c1. The third-order valence-electron chi connectivity index (χ3n) is 2.74. The summed E-state index contributed by atoms with van der Waals surface area (Å²) in [6.07, 6.45) is 0. The molecule has 0 saturated heterocycles. The third-order valence-corrected chi connectivity index (χ3v) is 2.74. The largest absolute Gasteiger partial charge is 0.478 e. The minimum atomic E-state index is -1.09. The zero-order valence-corrected chi connectivity index (χ0v) is 10.5. The third kappa shape index (κ3) is 2.69. The summed E-state index contributed by atoms with van der Waals surface area (Å²) in [5.41, 5.74) is 12.5. The molecule has 0 bridgehead atoms. The van der Waals surface area contributed by atoms with E-state index in [0.717, 1.165) is 0 Å². The van der Waals surface area contributed by atoms with E-state index in [1.165, 1.54) is 12.1 Å². The molecule has 0 aliphatic carbocycles. The number of para-hydroxylation sites is 1. The molecule has 0 spiro atoms. The van der Waals surface area contributed by atoms with Gasteiger partial charge >= 0.3 is 5.97 Å². The minimum absolute atomic E-state index is 0.0504. The number of aromatic carboxylic acids is 1. The van der Waals surface area contributed by atoms with E-state index in [-0.39, 0.29) is 11.3 Å². The van der Waals surface area contributed by atoms with Crippen molar-refractivity contribution in [2.75, 3.05) is 11.1 Å². The molecule has 6 heteroatoms. The Hall–Kier alpha value is -3.02. The summed E-state index contributed by atoms with van der Waals surface area (Å²) >= 11 is 0. The maximum Gasteiger partial charge on any atom is 0.337 e. The van der Waals surface area contributed by atoms with Crippen LogP contribution in [0.1, 0.15) is 20.7 Å². The fourth-order valence-electron chi connectivity index (χ4n) is 1.78. The lowest BCUT2D eigenvalue weighted by molar-refractivity contribution is 0.0697. The quantitative estimate of drug-likeness (QED) is 0.632. The van der Waals surface area contributed by atoms with Crippen LogP contribution >= 0.6 is 0 Å². The van der Waals surface area contributed by atoms with Crippen molar-refractivity contribution >= 4 is 28.9 Å². The summed E-state index contributed by atoms with van der Waals surface area (Å²) in [7, 11) is 0. The van der Waals surface area contributed by atoms with Crippen LogP contribution in [-0.2, 0) is 0 Å². The number of hydrogen-bond donors (Lipinski definition) is 4. The van der Waals surface area contributed by atoms with Gasteiger partial charge in [-0.3, -0.25) is 4.79 Å². The molecule has 0 unspecified atom stereocenters. The van der Waals surface area contributed by atoms with Crippen molar-refractivity contribution in [3.63, 3.8) is 0 Å². The summed E-state index contributed by atoms with van der Waals surface area (Å²) in [4.78, 5) is 22.3. The molecule has 0 radical (unpaired) electrons. The molecule has 0 atom stereocenters. The van der Waals surface area contributed by atoms with E-state index in [4.69, 9.17) is 16.6 Å². The Kier molecular flexibility index (Phi) is 3.56. The Morgan fingerprint density at radius 3 is 2.45 bits per heavy atom. The number of nitrogens with one attached hydrogen (secondary N) is 1. The van der Waals surface area contributed by atoms with E-state index in [1.807, 2.05) is 0 Å². The number of carbonyl (C=O) groups is 2. The maximum atomic E-state index is 11.2. The van der Waals surface area contributed by atoms with E-state index < -0.39 is 11.9 Å². The highest BCUT2D eigenvalue weighted by Gasteiger charge is 2.13. The molecule has 0 aromatic heterocycles. The van der Waals surface area contributed by atoms with Gasteiger partial charge in [0.05, 0.1) is 16.9 Å². The predicted molar refractivity (Wildman–Crippen MR) is 76.1 cm³/mol. The fourth-order valence-corrected chi connectivity index (χ4v) is 1.78. The van der Waals surface area contributed by atoms with E-state index >= 15 is 0 Å². The minimum Gasteiger partial charge on any atom is -0.478 e. The zero-order chi connectivity index (χ0) is 14.7. The Balaban J connectivity index is 2.42. The molecule has 0 aliphatic heterocycles. The Bertz CT molecular complexity index is 683. The number of carbonyl (C=O) groups excluding carboxylic acids is 1. The summed E-state index contributed by atoms with van der Waals surface area (Å²) in [6, 6.07) is 11.0. The van der Waals surface area contributed by atoms with Crippen LogP contribution in [0.5, 0.6) is 0 Å². The van der Waals surface area contributed by atoms with Gasteiger partial charge in [0.15, 0.2) is 0 Å². The lowest BCUT2D eigenvalue weighted by Crippen LogP contribution is -2.11. The monoisotopic (exact) mass is 271 g/mol. The Morgan fingerprint density at radius 1 is 1.10 bits per heavy atom. The molecule has 2 aromatic rings. The van der Waals surface area contributed by atoms with Gasteiger partial charge in [-0.15, -0.1) is 0 Å². The van der Waals surface area contributed by atoms with Crippen molar-refractivity contribution in [2.24, 2.45) is 5.73 Å². The van der Waals surface area contributed by atoms with Crippen LogP contribution in [0, 0.1) is 0 Å². The van der Waals surface area contributed by atoms with Gasteiger partial charge in [-0.25, -0.2) is 4.79 Å². The second kappa shape index (κ2) is 5.31. The standard InChI is InChI=1S/C14H13N3O3/c15-11-6-2-5-10(14(19)20)12(11)17-9-4-1-3-8(7-9)13(16)18/h1-7,17H,15H2,(H2,16,18)(H,19,20). The highest BCUT2D eigenvalue weighted by Crippen LogP contribution is 2.27. The van der Waals surface area contributed by atoms with Crippen molar-refractivity contribution in [1.29, 1.82) is 0 Å². The molecule has 2 aromatic carbocycles. The average molecular weight is 271 g/mol. The Labute approximate surface area is 115 Å². The van der Waals surface area contributed by atoms with Crippen molar-refractivity contribution < 1.29 is 14.7 Å². The summed E-state index contributed by atoms with van der Waals surface area (Å²) in [5.74, 6) is -1.65. The molecule has 20 heavy (non-hydrogen) atoms. The molecule has 0 aliphatic rings. The van der Waals surface area contributed by atoms with Gasteiger partial charge in [-0.2, -0.15) is 0 Å². The number of carboxylic acids is 1. The first kappa shape index (κ1) is 13.4. The van der Waals surface area contributed by atoms with E-state index in [2.05, 4.69) is 5.32 Å². The van der Waals surface area contributed by atoms with Gasteiger partial charge in [-0.05, 0) is 30.3 Å². The summed E-state index contributed by atoms with van der Waals surface area (Å²) in [6.45, 7) is 0. The number of primary amides is 1. The number of hydrogen-bond acceptors (Lipinski definition) is 4. The predicted octanol–water partition coefficient (Wildman–Crippen LogP) is 1.81. The van der Waals surface area contributed by atoms with Gasteiger partial charge in [-0.1, -0.05) is 12.1 Å². The first-order valence-electron chi connectivity index (χ1n) is 5.77. The van der Waals surface area contributed by atoms with E-state index in [9.17, 15) is 9.59 Å². The number of rotatable bonds is 4. The topological polar surface area (TPSA) is 118 Å². The van der Waals surface area contributed by atoms with Crippen LogP contribution in [-0.4, -0.2) is 17.0 Å². The van der Waals surface area contributed by atoms with Gasteiger partial charge < -0.3 is 21.9 Å². The van der Waals surface area contributed by atoms with E-state index in [0.29, 0.717) is 16.9 Å². The molecule has 1 amide bonds. The number of benzene rings is 2. The van der Waals surface area contributed by atoms with Crippen LogP contribution in [0.2, 0.25) is 0 Å². The Morgan fingerprint density at radius 2 is 1.80 bits per heavy atom. The van der Waals surface area contributed by atoms with Crippen LogP contribution in [0.25, 0.3) is 0 Å². The van der Waals surface area contributed by atoms with Gasteiger partial charge in [0.1, 0.15) is 0 Å². The molecule has 0 heterocycles. The number of nitrogens with two attached hydrogens (primary N) is 2. The molecular formula is C14H13N3O3. The lowest BCUT2D eigenvalue weighted by Gasteiger charge is -2.12.